The van der Waals surface area contributed by atoms with Crippen LogP contribution in [0.3, 0.4) is 0 Å². The molecular weight excluding hydrogens is 257 g/mol. The predicted molar refractivity (Wildman–Crippen MR) is 67.0 cm³/mol. The van der Waals surface area contributed by atoms with Crippen LogP contribution in [0.25, 0.3) is 0 Å². The van der Waals surface area contributed by atoms with Crippen LogP contribution in [0.5, 0.6) is 0 Å². The molecule has 0 aliphatic carbocycles. The molecule has 102 valence electrons. The Labute approximate surface area is 107 Å². The lowest BCUT2D eigenvalue weighted by Gasteiger charge is -2.15. The van der Waals surface area contributed by atoms with E-state index in [1.165, 1.54) is 6.07 Å². The number of benzene rings is 1. The smallest absolute Gasteiger partial charge is 0.241 e. The molecule has 0 amide bonds. The summed E-state index contributed by atoms with van der Waals surface area (Å²) in [6.07, 6.45) is 1.54. The average molecular weight is 275 g/mol. The summed E-state index contributed by atoms with van der Waals surface area (Å²) in [5, 5.41) is 9.10. The van der Waals surface area contributed by atoms with Crippen molar-refractivity contribution in [3.63, 3.8) is 0 Å². The molecule has 0 aliphatic heterocycles. The Hall–Kier alpha value is -0.980. The standard InChI is InChI=1S/C12H18FNO3S/c1-3-4-9(2)14-18(16,17)12-7-11(13)6-5-10(12)8-15/h5-7,9,14-15H,3-4,8H2,1-2H3. The van der Waals surface area contributed by atoms with Crippen LogP contribution in [0.1, 0.15) is 32.3 Å². The van der Waals surface area contributed by atoms with Crippen LogP contribution in [0.2, 0.25) is 0 Å². The van der Waals surface area contributed by atoms with Crippen LogP contribution in [-0.4, -0.2) is 19.6 Å². The fraction of sp³-hybridized carbons (Fsp3) is 0.500. The van der Waals surface area contributed by atoms with Crippen molar-refractivity contribution < 1.29 is 17.9 Å². The highest BCUT2D eigenvalue weighted by Gasteiger charge is 2.21. The first-order chi connectivity index (χ1) is 8.40. The lowest BCUT2D eigenvalue weighted by molar-refractivity contribution is 0.278. The Morgan fingerprint density at radius 3 is 2.67 bits per heavy atom. The Morgan fingerprint density at radius 1 is 1.44 bits per heavy atom. The van der Waals surface area contributed by atoms with Crippen molar-refractivity contribution in [1.29, 1.82) is 0 Å². The zero-order valence-corrected chi connectivity index (χ0v) is 11.3. The molecule has 1 atom stereocenters. The third kappa shape index (κ3) is 3.76. The monoisotopic (exact) mass is 275 g/mol. The molecule has 0 saturated carbocycles. The van der Waals surface area contributed by atoms with Gasteiger partial charge in [0.2, 0.25) is 10.0 Å². The number of aliphatic hydroxyl groups is 1. The number of halogens is 1. The van der Waals surface area contributed by atoms with Gasteiger partial charge in [0.05, 0.1) is 11.5 Å². The second-order valence-electron chi connectivity index (χ2n) is 4.22. The van der Waals surface area contributed by atoms with E-state index in [0.29, 0.717) is 6.42 Å². The first-order valence-corrected chi connectivity index (χ1v) is 7.30. The van der Waals surface area contributed by atoms with E-state index in [9.17, 15) is 12.8 Å². The molecule has 0 aliphatic rings. The van der Waals surface area contributed by atoms with Gasteiger partial charge in [-0.15, -0.1) is 0 Å². The van der Waals surface area contributed by atoms with E-state index in [0.717, 1.165) is 18.6 Å². The maximum absolute atomic E-state index is 13.1. The second kappa shape index (κ2) is 6.26. The minimum atomic E-state index is -3.80. The zero-order chi connectivity index (χ0) is 13.8. The van der Waals surface area contributed by atoms with Crippen LogP contribution in [0.15, 0.2) is 23.1 Å². The number of sulfonamides is 1. The van der Waals surface area contributed by atoms with Crippen LogP contribution >= 0.6 is 0 Å². The van der Waals surface area contributed by atoms with Gasteiger partial charge in [-0.3, -0.25) is 0 Å². The molecule has 1 rings (SSSR count). The average Bonchev–Trinajstić information content (AvgIpc) is 2.28. The molecule has 1 unspecified atom stereocenters. The highest BCUT2D eigenvalue weighted by Crippen LogP contribution is 2.18. The first kappa shape index (κ1) is 15.1. The van der Waals surface area contributed by atoms with E-state index in [2.05, 4.69) is 4.72 Å². The van der Waals surface area contributed by atoms with Gasteiger partial charge in [0.15, 0.2) is 0 Å². The summed E-state index contributed by atoms with van der Waals surface area (Å²) < 4.78 is 39.7. The van der Waals surface area contributed by atoms with Crippen molar-refractivity contribution >= 4 is 10.0 Å². The largest absolute Gasteiger partial charge is 0.392 e. The SMILES string of the molecule is CCCC(C)NS(=O)(=O)c1cc(F)ccc1CO. The molecule has 1 aromatic rings. The third-order valence-electron chi connectivity index (χ3n) is 2.57. The maximum atomic E-state index is 13.1. The van der Waals surface area contributed by atoms with Gasteiger partial charge < -0.3 is 5.11 Å². The van der Waals surface area contributed by atoms with Crippen molar-refractivity contribution in [2.45, 2.75) is 44.2 Å². The minimum Gasteiger partial charge on any atom is -0.392 e. The van der Waals surface area contributed by atoms with Gasteiger partial charge in [0.1, 0.15) is 5.82 Å². The fourth-order valence-corrected chi connectivity index (χ4v) is 3.25. The normalized spacial score (nSPS) is 13.6. The molecule has 0 aromatic heterocycles. The van der Waals surface area contributed by atoms with Gasteiger partial charge >= 0.3 is 0 Å². The van der Waals surface area contributed by atoms with Crippen LogP contribution in [-0.2, 0) is 16.6 Å². The summed E-state index contributed by atoms with van der Waals surface area (Å²) in [6, 6.07) is 3.09. The summed E-state index contributed by atoms with van der Waals surface area (Å²) in [5.41, 5.74) is 0.188. The summed E-state index contributed by atoms with van der Waals surface area (Å²) in [4.78, 5) is -0.201. The van der Waals surface area contributed by atoms with E-state index in [1.807, 2.05) is 6.92 Å². The molecule has 0 radical (unpaired) electrons. The molecule has 0 saturated heterocycles. The van der Waals surface area contributed by atoms with Gasteiger partial charge in [-0.1, -0.05) is 19.4 Å². The predicted octanol–water partition coefficient (Wildman–Crippen LogP) is 1.78. The molecule has 0 spiro atoms. The molecule has 1 aromatic carbocycles. The lowest BCUT2D eigenvalue weighted by Crippen LogP contribution is -2.33. The van der Waals surface area contributed by atoms with Crippen LogP contribution in [0, 0.1) is 5.82 Å². The van der Waals surface area contributed by atoms with E-state index in [1.54, 1.807) is 6.92 Å². The number of hydrogen-bond donors (Lipinski definition) is 2. The van der Waals surface area contributed by atoms with Gasteiger partial charge in [-0.05, 0) is 31.0 Å². The molecule has 6 heteroatoms. The summed E-state index contributed by atoms with van der Waals surface area (Å²) in [7, 11) is -3.80. The van der Waals surface area contributed by atoms with Gasteiger partial charge in [0.25, 0.3) is 0 Å². The summed E-state index contributed by atoms with van der Waals surface area (Å²) >= 11 is 0. The van der Waals surface area contributed by atoms with Crippen LogP contribution in [0.4, 0.5) is 4.39 Å². The molecule has 0 bridgehead atoms. The van der Waals surface area contributed by atoms with Crippen molar-refractivity contribution in [3.8, 4) is 0 Å². The Bertz CT molecular complexity index is 502. The molecule has 4 nitrogen and oxygen atoms in total. The van der Waals surface area contributed by atoms with E-state index in [4.69, 9.17) is 5.11 Å². The van der Waals surface area contributed by atoms with Crippen molar-refractivity contribution in [2.24, 2.45) is 0 Å². The lowest BCUT2D eigenvalue weighted by atomic mass is 10.2. The van der Waals surface area contributed by atoms with Crippen molar-refractivity contribution in [1.82, 2.24) is 4.72 Å². The molecular formula is C12H18FNO3S. The van der Waals surface area contributed by atoms with Gasteiger partial charge in [0, 0.05) is 6.04 Å². The summed E-state index contributed by atoms with van der Waals surface area (Å²) in [6.45, 7) is 3.25. The number of rotatable bonds is 6. The van der Waals surface area contributed by atoms with Gasteiger partial charge in [-0.2, -0.15) is 0 Å². The quantitative estimate of drug-likeness (QED) is 0.831. The molecule has 0 heterocycles. The topological polar surface area (TPSA) is 66.4 Å². The van der Waals surface area contributed by atoms with E-state index in [-0.39, 0.29) is 16.5 Å². The minimum absolute atomic E-state index is 0.188. The first-order valence-electron chi connectivity index (χ1n) is 5.82. The molecule has 18 heavy (non-hydrogen) atoms. The van der Waals surface area contributed by atoms with E-state index < -0.39 is 22.4 Å². The Kier molecular flexibility index (Phi) is 5.25. The van der Waals surface area contributed by atoms with Crippen molar-refractivity contribution in [3.05, 3.63) is 29.6 Å². The maximum Gasteiger partial charge on any atom is 0.241 e. The number of aliphatic hydroxyl groups excluding tert-OH is 1. The summed E-state index contributed by atoms with van der Waals surface area (Å²) in [5.74, 6) is -0.643. The van der Waals surface area contributed by atoms with Crippen LogP contribution < -0.4 is 4.72 Å². The second-order valence-corrected chi connectivity index (χ2v) is 5.90. The molecule has 2 N–H and O–H groups in total. The molecule has 0 fully saturated rings. The zero-order valence-electron chi connectivity index (χ0n) is 10.5. The number of hydrogen-bond acceptors (Lipinski definition) is 3. The Morgan fingerprint density at radius 2 is 2.11 bits per heavy atom. The van der Waals surface area contributed by atoms with E-state index >= 15 is 0 Å². The Balaban J connectivity index is 3.07. The third-order valence-corrected chi connectivity index (χ3v) is 4.24. The van der Waals surface area contributed by atoms with Gasteiger partial charge in [-0.25, -0.2) is 17.5 Å². The fourth-order valence-electron chi connectivity index (χ4n) is 1.73. The highest BCUT2D eigenvalue weighted by atomic mass is 32.2. The highest BCUT2D eigenvalue weighted by molar-refractivity contribution is 7.89. The van der Waals surface area contributed by atoms with Crippen molar-refractivity contribution in [2.75, 3.05) is 0 Å². The number of nitrogens with one attached hydrogen (secondary N) is 1.